The maximum absolute atomic E-state index is 13.9. The molecule has 208 valence electrons. The summed E-state index contributed by atoms with van der Waals surface area (Å²) in [5.74, 6) is -1.80. The summed E-state index contributed by atoms with van der Waals surface area (Å²) >= 11 is 0. The Kier molecular flexibility index (Phi) is 8.52. The molecule has 0 bridgehead atoms. The first-order valence-corrected chi connectivity index (χ1v) is 13.1. The summed E-state index contributed by atoms with van der Waals surface area (Å²) in [5.41, 5.74) is 3.03. The van der Waals surface area contributed by atoms with Crippen LogP contribution in [0.4, 0.5) is 17.1 Å². The molecular formula is C31H34N4O5. The third kappa shape index (κ3) is 5.98. The molecule has 9 nitrogen and oxygen atoms in total. The lowest BCUT2D eigenvalue weighted by molar-refractivity contribution is -0.140. The summed E-state index contributed by atoms with van der Waals surface area (Å²) < 4.78 is 5.26. The highest BCUT2D eigenvalue weighted by molar-refractivity contribution is 6.52. The molecule has 3 aromatic rings. The first-order chi connectivity index (χ1) is 19.1. The Balaban J connectivity index is 1.64. The molecule has 9 heteroatoms. The van der Waals surface area contributed by atoms with Crippen molar-refractivity contribution in [3.63, 3.8) is 0 Å². The van der Waals surface area contributed by atoms with Crippen LogP contribution in [0.15, 0.2) is 72.8 Å². The molecule has 1 aliphatic rings. The van der Waals surface area contributed by atoms with Gasteiger partial charge >= 0.3 is 0 Å². The van der Waals surface area contributed by atoms with Gasteiger partial charge in [0.2, 0.25) is 11.8 Å². The normalized spacial score (nSPS) is 13.2. The van der Waals surface area contributed by atoms with E-state index < -0.39 is 23.6 Å². The summed E-state index contributed by atoms with van der Waals surface area (Å²) in [6, 6.07) is 20.4. The van der Waals surface area contributed by atoms with Crippen LogP contribution in [0, 0.1) is 5.92 Å². The molecule has 3 amide bonds. The second-order valence-corrected chi connectivity index (χ2v) is 10.2. The molecular weight excluding hydrogens is 508 g/mol. The fraction of sp³-hybridized carbons (Fsp3) is 0.290. The van der Waals surface area contributed by atoms with E-state index in [0.717, 1.165) is 11.3 Å². The minimum Gasteiger partial charge on any atom is -0.497 e. The number of ketones is 1. The number of ether oxygens (including phenoxy) is 1. The highest BCUT2D eigenvalue weighted by Crippen LogP contribution is 2.29. The molecule has 0 radical (unpaired) electrons. The average molecular weight is 543 g/mol. The number of nitrogens with one attached hydrogen (secondary N) is 1. The zero-order valence-corrected chi connectivity index (χ0v) is 23.4. The minimum atomic E-state index is -0.855. The third-order valence-electron chi connectivity index (χ3n) is 6.89. The molecule has 1 heterocycles. The van der Waals surface area contributed by atoms with E-state index in [2.05, 4.69) is 5.32 Å². The van der Waals surface area contributed by atoms with Gasteiger partial charge in [-0.15, -0.1) is 0 Å². The number of carbonyl (C=O) groups is 4. The maximum Gasteiger partial charge on any atom is 0.299 e. The minimum absolute atomic E-state index is 0.121. The van der Waals surface area contributed by atoms with E-state index in [-0.39, 0.29) is 30.5 Å². The smallest absolute Gasteiger partial charge is 0.299 e. The molecule has 0 fully saturated rings. The van der Waals surface area contributed by atoms with Crippen LogP contribution in [-0.2, 0) is 20.9 Å². The Morgan fingerprint density at radius 1 is 0.925 bits per heavy atom. The van der Waals surface area contributed by atoms with Crippen LogP contribution in [0.2, 0.25) is 0 Å². The van der Waals surface area contributed by atoms with Crippen molar-refractivity contribution >= 4 is 40.6 Å². The molecule has 1 N–H and O–H groups in total. The van der Waals surface area contributed by atoms with Crippen molar-refractivity contribution < 1.29 is 23.9 Å². The predicted octanol–water partition coefficient (Wildman–Crippen LogP) is 3.98. The van der Waals surface area contributed by atoms with E-state index in [1.54, 1.807) is 43.5 Å². The van der Waals surface area contributed by atoms with E-state index in [9.17, 15) is 19.2 Å². The molecule has 0 aliphatic carbocycles. The van der Waals surface area contributed by atoms with E-state index >= 15 is 0 Å². The Bertz CT molecular complexity index is 1400. The SMILES string of the molecule is COc1ccc(CN(C(=O)CN2C(=O)C(=O)c3ccccc32)C(C(=O)Nc2ccc(N(C)C)cc2)C(C)C)cc1. The van der Waals surface area contributed by atoms with E-state index in [1.165, 1.54) is 9.80 Å². The van der Waals surface area contributed by atoms with Gasteiger partial charge in [-0.3, -0.25) is 24.1 Å². The van der Waals surface area contributed by atoms with Crippen LogP contribution in [-0.4, -0.2) is 62.2 Å². The van der Waals surface area contributed by atoms with Gasteiger partial charge in [-0.25, -0.2) is 0 Å². The monoisotopic (exact) mass is 542 g/mol. The standard InChI is InChI=1S/C31H34N4O5/c1-20(2)28(30(38)32-22-12-14-23(15-13-22)33(3)4)35(18-21-10-16-24(40-5)17-11-21)27(36)19-34-26-9-7-6-8-25(26)29(37)31(34)39/h6-17,20,28H,18-19H2,1-5H3,(H,32,38). The molecule has 0 saturated heterocycles. The summed E-state index contributed by atoms with van der Waals surface area (Å²) in [6.07, 6.45) is 0. The number of Topliss-reactive ketones (excluding diaryl/α,β-unsaturated/α-hetero) is 1. The van der Waals surface area contributed by atoms with Crippen molar-refractivity contribution in [2.45, 2.75) is 26.4 Å². The van der Waals surface area contributed by atoms with Crippen molar-refractivity contribution in [3.05, 3.63) is 83.9 Å². The third-order valence-corrected chi connectivity index (χ3v) is 6.89. The maximum atomic E-state index is 13.9. The number of para-hydroxylation sites is 1. The number of anilines is 3. The lowest BCUT2D eigenvalue weighted by Crippen LogP contribution is -2.53. The van der Waals surface area contributed by atoms with Crippen molar-refractivity contribution in [2.75, 3.05) is 42.9 Å². The lowest BCUT2D eigenvalue weighted by Gasteiger charge is -2.34. The zero-order valence-electron chi connectivity index (χ0n) is 23.4. The Morgan fingerprint density at radius 3 is 2.17 bits per heavy atom. The summed E-state index contributed by atoms with van der Waals surface area (Å²) in [5, 5.41) is 2.95. The van der Waals surface area contributed by atoms with Crippen molar-refractivity contribution in [1.82, 2.24) is 4.90 Å². The molecule has 3 aromatic carbocycles. The molecule has 4 rings (SSSR count). The van der Waals surface area contributed by atoms with Crippen LogP contribution in [0.25, 0.3) is 0 Å². The quantitative estimate of drug-likeness (QED) is 0.389. The van der Waals surface area contributed by atoms with E-state index in [1.807, 2.05) is 69.2 Å². The predicted molar refractivity (Wildman–Crippen MR) is 155 cm³/mol. The number of hydrogen-bond donors (Lipinski definition) is 1. The van der Waals surface area contributed by atoms with Crippen molar-refractivity contribution in [2.24, 2.45) is 5.92 Å². The Morgan fingerprint density at radius 2 is 1.57 bits per heavy atom. The van der Waals surface area contributed by atoms with Crippen LogP contribution in [0.3, 0.4) is 0 Å². The number of hydrogen-bond acceptors (Lipinski definition) is 6. The van der Waals surface area contributed by atoms with Crippen LogP contribution in [0.1, 0.15) is 29.8 Å². The highest BCUT2D eigenvalue weighted by atomic mass is 16.5. The van der Waals surface area contributed by atoms with Gasteiger partial charge in [0.25, 0.3) is 11.7 Å². The van der Waals surface area contributed by atoms with Gasteiger partial charge in [0.05, 0.1) is 18.4 Å². The molecule has 40 heavy (non-hydrogen) atoms. The fourth-order valence-corrected chi connectivity index (χ4v) is 4.76. The van der Waals surface area contributed by atoms with E-state index in [4.69, 9.17) is 4.74 Å². The molecule has 1 aliphatic heterocycles. The first kappa shape index (κ1) is 28.4. The van der Waals surface area contributed by atoms with Crippen LogP contribution < -0.4 is 19.9 Å². The average Bonchev–Trinajstić information content (AvgIpc) is 3.18. The summed E-state index contributed by atoms with van der Waals surface area (Å²) in [6.45, 7) is 3.49. The largest absolute Gasteiger partial charge is 0.497 e. The molecule has 0 spiro atoms. The van der Waals surface area contributed by atoms with Crippen LogP contribution >= 0.6 is 0 Å². The molecule has 1 atom stereocenters. The number of fused-ring (bicyclic) bond motifs is 1. The number of amides is 3. The highest BCUT2D eigenvalue weighted by Gasteiger charge is 2.39. The zero-order chi connectivity index (χ0) is 29.0. The summed E-state index contributed by atoms with van der Waals surface area (Å²) in [4.78, 5) is 57.6. The van der Waals surface area contributed by atoms with Crippen molar-refractivity contribution in [3.8, 4) is 5.75 Å². The van der Waals surface area contributed by atoms with E-state index in [0.29, 0.717) is 17.1 Å². The van der Waals surface area contributed by atoms with Crippen LogP contribution in [0.5, 0.6) is 5.75 Å². The van der Waals surface area contributed by atoms with Gasteiger partial charge in [-0.05, 0) is 60.0 Å². The first-order valence-electron chi connectivity index (χ1n) is 13.1. The topological polar surface area (TPSA) is 99.3 Å². The van der Waals surface area contributed by atoms with Gasteiger partial charge in [0, 0.05) is 32.0 Å². The summed E-state index contributed by atoms with van der Waals surface area (Å²) in [7, 11) is 5.44. The number of rotatable bonds is 10. The number of benzene rings is 3. The van der Waals surface area contributed by atoms with Gasteiger partial charge in [-0.1, -0.05) is 38.1 Å². The second-order valence-electron chi connectivity index (χ2n) is 10.2. The number of nitrogens with zero attached hydrogens (tertiary/aromatic N) is 3. The second kappa shape index (κ2) is 12.0. The lowest BCUT2D eigenvalue weighted by atomic mass is 10.00. The van der Waals surface area contributed by atoms with Gasteiger partial charge in [0.15, 0.2) is 0 Å². The van der Waals surface area contributed by atoms with Gasteiger partial charge in [0.1, 0.15) is 18.3 Å². The van der Waals surface area contributed by atoms with Gasteiger partial charge < -0.3 is 19.9 Å². The molecule has 0 aromatic heterocycles. The number of methoxy groups -OCH3 is 1. The van der Waals surface area contributed by atoms with Crippen molar-refractivity contribution in [1.29, 1.82) is 0 Å². The molecule has 0 saturated carbocycles. The fourth-order valence-electron chi connectivity index (χ4n) is 4.76. The Hall–Kier alpha value is -4.66. The Labute approximate surface area is 234 Å². The molecule has 1 unspecified atom stereocenters. The van der Waals surface area contributed by atoms with Gasteiger partial charge in [-0.2, -0.15) is 0 Å². The number of carbonyl (C=O) groups excluding carboxylic acids is 4.